The number of rotatable bonds is 3. The van der Waals surface area contributed by atoms with Gasteiger partial charge in [0.2, 0.25) is 0 Å². The highest BCUT2D eigenvalue weighted by Gasteiger charge is 2.42. The van der Waals surface area contributed by atoms with Crippen LogP contribution in [-0.4, -0.2) is 19.8 Å². The predicted molar refractivity (Wildman–Crippen MR) is 66.7 cm³/mol. The number of alkyl halides is 3. The highest BCUT2D eigenvalue weighted by atomic mass is 19.4. The SMILES string of the molecule is COCc1ccccc1C1CC(C(F)(F)F)CCN1. The molecular weight excluding hydrogens is 255 g/mol. The molecule has 1 saturated heterocycles. The monoisotopic (exact) mass is 273 g/mol. The number of benzene rings is 1. The fourth-order valence-electron chi connectivity index (χ4n) is 2.61. The summed E-state index contributed by atoms with van der Waals surface area (Å²) >= 11 is 0. The molecule has 1 aromatic rings. The zero-order valence-electron chi connectivity index (χ0n) is 10.8. The van der Waals surface area contributed by atoms with Crippen molar-refractivity contribution in [1.29, 1.82) is 0 Å². The summed E-state index contributed by atoms with van der Waals surface area (Å²) in [5.41, 5.74) is 1.86. The molecular formula is C14H18F3NO. The van der Waals surface area contributed by atoms with Crippen LogP contribution in [0, 0.1) is 5.92 Å². The molecule has 1 fully saturated rings. The van der Waals surface area contributed by atoms with Crippen molar-refractivity contribution < 1.29 is 17.9 Å². The van der Waals surface area contributed by atoms with Gasteiger partial charge < -0.3 is 10.1 Å². The molecule has 1 aliphatic rings. The van der Waals surface area contributed by atoms with Crippen molar-refractivity contribution in [2.24, 2.45) is 5.92 Å². The quantitative estimate of drug-likeness (QED) is 0.911. The highest BCUT2D eigenvalue weighted by molar-refractivity contribution is 5.30. The van der Waals surface area contributed by atoms with Gasteiger partial charge in [0.15, 0.2) is 0 Å². The Kier molecular flexibility index (Phi) is 4.47. The van der Waals surface area contributed by atoms with Gasteiger partial charge in [-0.25, -0.2) is 0 Å². The van der Waals surface area contributed by atoms with Crippen LogP contribution in [0.2, 0.25) is 0 Å². The van der Waals surface area contributed by atoms with Crippen molar-refractivity contribution >= 4 is 0 Å². The third kappa shape index (κ3) is 3.48. The predicted octanol–water partition coefficient (Wildman–Crippen LogP) is 3.44. The van der Waals surface area contributed by atoms with Gasteiger partial charge in [0.25, 0.3) is 0 Å². The third-order valence-corrected chi connectivity index (χ3v) is 3.60. The molecule has 0 bridgehead atoms. The second-order valence-corrected chi connectivity index (χ2v) is 4.90. The fourth-order valence-corrected chi connectivity index (χ4v) is 2.61. The molecule has 1 N–H and O–H groups in total. The van der Waals surface area contributed by atoms with E-state index in [4.69, 9.17) is 4.74 Å². The molecule has 0 amide bonds. The van der Waals surface area contributed by atoms with Crippen LogP contribution in [0.4, 0.5) is 13.2 Å². The molecule has 19 heavy (non-hydrogen) atoms. The summed E-state index contributed by atoms with van der Waals surface area (Å²) in [5.74, 6) is -1.21. The van der Waals surface area contributed by atoms with Crippen molar-refractivity contribution in [2.75, 3.05) is 13.7 Å². The molecule has 106 valence electrons. The van der Waals surface area contributed by atoms with Gasteiger partial charge in [-0.15, -0.1) is 0 Å². The maximum absolute atomic E-state index is 12.8. The minimum Gasteiger partial charge on any atom is -0.380 e. The van der Waals surface area contributed by atoms with E-state index in [1.54, 1.807) is 7.11 Å². The van der Waals surface area contributed by atoms with Crippen LogP contribution in [-0.2, 0) is 11.3 Å². The summed E-state index contributed by atoms with van der Waals surface area (Å²) in [6.45, 7) is 0.821. The Balaban J connectivity index is 2.17. The lowest BCUT2D eigenvalue weighted by Gasteiger charge is -2.32. The van der Waals surface area contributed by atoms with Crippen molar-refractivity contribution in [3.05, 3.63) is 35.4 Å². The van der Waals surface area contributed by atoms with Gasteiger partial charge >= 0.3 is 6.18 Å². The van der Waals surface area contributed by atoms with Crippen molar-refractivity contribution in [1.82, 2.24) is 5.32 Å². The van der Waals surface area contributed by atoms with E-state index < -0.39 is 12.1 Å². The van der Waals surface area contributed by atoms with E-state index in [2.05, 4.69) is 5.32 Å². The second-order valence-electron chi connectivity index (χ2n) is 4.90. The van der Waals surface area contributed by atoms with Crippen molar-refractivity contribution in [3.8, 4) is 0 Å². The Morgan fingerprint density at radius 1 is 1.32 bits per heavy atom. The zero-order chi connectivity index (χ0) is 13.9. The smallest absolute Gasteiger partial charge is 0.380 e. The number of hydrogen-bond donors (Lipinski definition) is 1. The molecule has 2 nitrogen and oxygen atoms in total. The Labute approximate surface area is 111 Å². The average Bonchev–Trinajstić information content (AvgIpc) is 2.39. The molecule has 2 atom stereocenters. The van der Waals surface area contributed by atoms with Crippen LogP contribution in [0.1, 0.15) is 30.0 Å². The number of halogens is 3. The molecule has 1 aliphatic heterocycles. The van der Waals surface area contributed by atoms with E-state index in [0.29, 0.717) is 13.2 Å². The Morgan fingerprint density at radius 2 is 2.05 bits per heavy atom. The molecule has 2 rings (SSSR count). The minimum atomic E-state index is -4.10. The van der Waals surface area contributed by atoms with E-state index in [-0.39, 0.29) is 18.9 Å². The molecule has 0 aliphatic carbocycles. The second kappa shape index (κ2) is 5.92. The van der Waals surface area contributed by atoms with Gasteiger partial charge in [0.1, 0.15) is 0 Å². The first kappa shape index (κ1) is 14.3. The minimum absolute atomic E-state index is 0.101. The van der Waals surface area contributed by atoms with E-state index in [9.17, 15) is 13.2 Å². The molecule has 1 heterocycles. The average molecular weight is 273 g/mol. The van der Waals surface area contributed by atoms with Gasteiger partial charge in [0.05, 0.1) is 12.5 Å². The number of methoxy groups -OCH3 is 1. The first-order valence-corrected chi connectivity index (χ1v) is 6.39. The maximum Gasteiger partial charge on any atom is 0.391 e. The number of nitrogens with one attached hydrogen (secondary N) is 1. The summed E-state index contributed by atoms with van der Waals surface area (Å²) in [4.78, 5) is 0. The first-order chi connectivity index (χ1) is 9.02. The third-order valence-electron chi connectivity index (χ3n) is 3.60. The van der Waals surface area contributed by atoms with E-state index in [1.165, 1.54) is 0 Å². The number of piperidine rings is 1. The lowest BCUT2D eigenvalue weighted by molar-refractivity contribution is -0.183. The standard InChI is InChI=1S/C14H18F3NO/c1-19-9-10-4-2-3-5-12(10)13-8-11(6-7-18-13)14(15,16)17/h2-5,11,13,18H,6-9H2,1H3. The number of ether oxygens (including phenoxy) is 1. The first-order valence-electron chi connectivity index (χ1n) is 6.39. The van der Waals surface area contributed by atoms with Gasteiger partial charge in [0, 0.05) is 13.2 Å². The zero-order valence-corrected chi connectivity index (χ0v) is 10.8. The van der Waals surface area contributed by atoms with Crippen LogP contribution >= 0.6 is 0 Å². The van der Waals surface area contributed by atoms with Crippen LogP contribution in [0.25, 0.3) is 0 Å². The van der Waals surface area contributed by atoms with Gasteiger partial charge in [-0.3, -0.25) is 0 Å². The molecule has 0 spiro atoms. The summed E-state index contributed by atoms with van der Waals surface area (Å²) in [7, 11) is 1.59. The molecule has 0 saturated carbocycles. The molecule has 0 radical (unpaired) electrons. The summed E-state index contributed by atoms with van der Waals surface area (Å²) < 4.78 is 43.6. The Morgan fingerprint density at radius 3 is 2.74 bits per heavy atom. The van der Waals surface area contributed by atoms with Crippen LogP contribution in [0.3, 0.4) is 0 Å². The summed E-state index contributed by atoms with van der Waals surface area (Å²) in [6, 6.07) is 7.27. The number of hydrogen-bond acceptors (Lipinski definition) is 2. The van der Waals surface area contributed by atoms with Gasteiger partial charge in [-0.05, 0) is 30.5 Å². The van der Waals surface area contributed by atoms with Crippen LogP contribution in [0.15, 0.2) is 24.3 Å². The topological polar surface area (TPSA) is 21.3 Å². The Hall–Kier alpha value is -1.07. The lowest BCUT2D eigenvalue weighted by atomic mass is 9.86. The van der Waals surface area contributed by atoms with E-state index >= 15 is 0 Å². The summed E-state index contributed by atoms with van der Waals surface area (Å²) in [6.07, 6.45) is -3.84. The van der Waals surface area contributed by atoms with E-state index in [0.717, 1.165) is 11.1 Å². The summed E-state index contributed by atoms with van der Waals surface area (Å²) in [5, 5.41) is 3.18. The van der Waals surface area contributed by atoms with Gasteiger partial charge in [-0.2, -0.15) is 13.2 Å². The van der Waals surface area contributed by atoms with Crippen molar-refractivity contribution in [3.63, 3.8) is 0 Å². The molecule has 5 heteroatoms. The van der Waals surface area contributed by atoms with Crippen LogP contribution < -0.4 is 5.32 Å². The lowest BCUT2D eigenvalue weighted by Crippen LogP contribution is -2.38. The molecule has 2 unspecified atom stereocenters. The maximum atomic E-state index is 12.8. The Bertz CT molecular complexity index is 419. The highest BCUT2D eigenvalue weighted by Crippen LogP contribution is 2.38. The fraction of sp³-hybridized carbons (Fsp3) is 0.571. The molecule has 1 aromatic carbocycles. The normalized spacial score (nSPS) is 24.4. The largest absolute Gasteiger partial charge is 0.391 e. The van der Waals surface area contributed by atoms with Crippen molar-refractivity contribution in [2.45, 2.75) is 31.7 Å². The van der Waals surface area contributed by atoms with Crippen LogP contribution in [0.5, 0.6) is 0 Å². The molecule has 0 aromatic heterocycles. The van der Waals surface area contributed by atoms with E-state index in [1.807, 2.05) is 24.3 Å². The van der Waals surface area contributed by atoms with Gasteiger partial charge in [-0.1, -0.05) is 24.3 Å².